The lowest BCUT2D eigenvalue weighted by Gasteiger charge is -2.15. The van der Waals surface area contributed by atoms with Gasteiger partial charge in [0, 0.05) is 26.4 Å². The highest BCUT2D eigenvalue weighted by Crippen LogP contribution is 2.17. The van der Waals surface area contributed by atoms with Crippen molar-refractivity contribution in [3.63, 3.8) is 0 Å². The molecule has 0 radical (unpaired) electrons. The molecule has 0 saturated heterocycles. The van der Waals surface area contributed by atoms with Crippen LogP contribution in [0.25, 0.3) is 0 Å². The zero-order chi connectivity index (χ0) is 19.2. The highest BCUT2D eigenvalue weighted by molar-refractivity contribution is 14.1. The van der Waals surface area contributed by atoms with Gasteiger partial charge in [0.1, 0.15) is 5.75 Å². The van der Waals surface area contributed by atoms with E-state index in [1.807, 2.05) is 24.3 Å². The minimum absolute atomic E-state index is 0.288. The first-order valence-corrected chi connectivity index (χ1v) is 10.0. The maximum Gasteiger partial charge on any atom is 0.265 e. The van der Waals surface area contributed by atoms with Crippen molar-refractivity contribution in [1.29, 1.82) is 0 Å². The molecule has 1 heterocycles. The van der Waals surface area contributed by atoms with Crippen LogP contribution in [0.4, 0.5) is 10.8 Å². The van der Waals surface area contributed by atoms with Gasteiger partial charge in [-0.15, -0.1) is 11.3 Å². The molecule has 0 aliphatic heterocycles. The zero-order valence-corrected chi connectivity index (χ0v) is 17.3. The van der Waals surface area contributed by atoms with Gasteiger partial charge in [-0.25, -0.2) is 4.98 Å². The molecule has 2 aromatic carbocycles. The second kappa shape index (κ2) is 8.96. The van der Waals surface area contributed by atoms with Crippen molar-refractivity contribution in [2.24, 2.45) is 0 Å². The number of thiazole rings is 1. The van der Waals surface area contributed by atoms with E-state index in [1.54, 1.807) is 42.8 Å². The standard InChI is InChI=1S/C19H16IN3O3S/c1-12(26-16-7-5-14(20)6-8-16)17(24)22-15-4-2-3-13(11-15)18(25)23-19-21-9-10-27-19/h2-12H,1H3,(H,22,24)(H,21,23,25). The van der Waals surface area contributed by atoms with Crippen LogP contribution in [0.3, 0.4) is 0 Å². The molecule has 0 spiro atoms. The first-order chi connectivity index (χ1) is 13.0. The number of ether oxygens (including phenoxy) is 1. The Morgan fingerprint density at radius 2 is 1.93 bits per heavy atom. The Morgan fingerprint density at radius 3 is 2.63 bits per heavy atom. The van der Waals surface area contributed by atoms with Crippen LogP contribution in [0.1, 0.15) is 17.3 Å². The number of aromatic nitrogens is 1. The number of carbonyl (C=O) groups is 2. The Hall–Kier alpha value is -2.46. The number of nitrogens with one attached hydrogen (secondary N) is 2. The molecule has 138 valence electrons. The number of amides is 2. The molecule has 0 aliphatic carbocycles. The van der Waals surface area contributed by atoms with E-state index < -0.39 is 6.10 Å². The van der Waals surface area contributed by atoms with E-state index in [0.717, 1.165) is 3.57 Å². The van der Waals surface area contributed by atoms with Gasteiger partial charge >= 0.3 is 0 Å². The van der Waals surface area contributed by atoms with Crippen molar-refractivity contribution < 1.29 is 14.3 Å². The lowest BCUT2D eigenvalue weighted by molar-refractivity contribution is -0.122. The van der Waals surface area contributed by atoms with Crippen molar-refractivity contribution in [3.8, 4) is 5.75 Å². The highest BCUT2D eigenvalue weighted by atomic mass is 127. The van der Waals surface area contributed by atoms with Gasteiger partial charge in [0.15, 0.2) is 11.2 Å². The molecule has 0 aliphatic rings. The summed E-state index contributed by atoms with van der Waals surface area (Å²) in [5, 5.41) is 7.78. The summed E-state index contributed by atoms with van der Waals surface area (Å²) < 4.78 is 6.74. The molecule has 2 amide bonds. The maximum atomic E-state index is 12.4. The third kappa shape index (κ3) is 5.51. The van der Waals surface area contributed by atoms with Crippen LogP contribution < -0.4 is 15.4 Å². The number of anilines is 2. The monoisotopic (exact) mass is 493 g/mol. The summed E-state index contributed by atoms with van der Waals surface area (Å²) in [6.45, 7) is 1.67. The molecule has 1 aromatic heterocycles. The summed E-state index contributed by atoms with van der Waals surface area (Å²) in [5.41, 5.74) is 0.944. The topological polar surface area (TPSA) is 80.3 Å². The van der Waals surface area contributed by atoms with Crippen molar-refractivity contribution in [2.45, 2.75) is 13.0 Å². The Bertz CT molecular complexity index is 930. The SMILES string of the molecule is CC(Oc1ccc(I)cc1)C(=O)Nc1cccc(C(=O)Nc2nccs2)c1. The van der Waals surface area contributed by atoms with E-state index >= 15 is 0 Å². The molecule has 6 nitrogen and oxygen atoms in total. The maximum absolute atomic E-state index is 12.4. The molecular weight excluding hydrogens is 477 g/mol. The first-order valence-electron chi connectivity index (χ1n) is 8.05. The molecular formula is C19H16IN3O3S. The number of carbonyl (C=O) groups excluding carboxylic acids is 2. The molecule has 2 N–H and O–H groups in total. The molecule has 3 rings (SSSR count). The zero-order valence-electron chi connectivity index (χ0n) is 14.3. The van der Waals surface area contributed by atoms with Gasteiger partial charge in [-0.05, 0) is 72.0 Å². The van der Waals surface area contributed by atoms with E-state index in [1.165, 1.54) is 11.3 Å². The molecule has 3 aromatic rings. The van der Waals surface area contributed by atoms with Gasteiger partial charge in [0.05, 0.1) is 0 Å². The Labute approximate surface area is 174 Å². The number of benzene rings is 2. The van der Waals surface area contributed by atoms with Gasteiger partial charge in [0.25, 0.3) is 11.8 Å². The number of halogens is 1. The van der Waals surface area contributed by atoms with Crippen LogP contribution >= 0.6 is 33.9 Å². The van der Waals surface area contributed by atoms with Gasteiger partial charge in [-0.1, -0.05) is 6.07 Å². The van der Waals surface area contributed by atoms with Crippen LogP contribution in [0.5, 0.6) is 5.75 Å². The summed E-state index contributed by atoms with van der Waals surface area (Å²) in [5.74, 6) is 0.0323. The van der Waals surface area contributed by atoms with Gasteiger partial charge in [-0.2, -0.15) is 0 Å². The smallest absolute Gasteiger partial charge is 0.265 e. The lowest BCUT2D eigenvalue weighted by Crippen LogP contribution is -2.30. The third-order valence-electron chi connectivity index (χ3n) is 3.54. The van der Waals surface area contributed by atoms with Gasteiger partial charge < -0.3 is 10.1 Å². The fourth-order valence-corrected chi connectivity index (χ4v) is 3.09. The average Bonchev–Trinajstić information content (AvgIpc) is 3.16. The summed E-state index contributed by atoms with van der Waals surface area (Å²) in [7, 11) is 0. The number of rotatable bonds is 6. The van der Waals surface area contributed by atoms with Crippen LogP contribution in [0.15, 0.2) is 60.1 Å². The van der Waals surface area contributed by atoms with E-state index in [0.29, 0.717) is 22.1 Å². The molecule has 0 bridgehead atoms. The molecule has 8 heteroatoms. The predicted octanol–water partition coefficient (Wildman–Crippen LogP) is 4.41. The fraction of sp³-hybridized carbons (Fsp3) is 0.105. The van der Waals surface area contributed by atoms with Crippen molar-refractivity contribution in [2.75, 3.05) is 10.6 Å². The van der Waals surface area contributed by atoms with Crippen LogP contribution in [-0.2, 0) is 4.79 Å². The second-order valence-electron chi connectivity index (χ2n) is 5.58. The summed E-state index contributed by atoms with van der Waals surface area (Å²) in [6, 6.07) is 14.1. The van der Waals surface area contributed by atoms with Crippen molar-refractivity contribution >= 4 is 56.6 Å². The average molecular weight is 493 g/mol. The van der Waals surface area contributed by atoms with E-state index in [4.69, 9.17) is 4.74 Å². The summed E-state index contributed by atoms with van der Waals surface area (Å²) in [4.78, 5) is 28.7. The minimum atomic E-state index is -0.683. The molecule has 27 heavy (non-hydrogen) atoms. The van der Waals surface area contributed by atoms with Crippen LogP contribution in [0.2, 0.25) is 0 Å². The minimum Gasteiger partial charge on any atom is -0.481 e. The largest absolute Gasteiger partial charge is 0.481 e. The Morgan fingerprint density at radius 1 is 1.15 bits per heavy atom. The van der Waals surface area contributed by atoms with Gasteiger partial charge in [-0.3, -0.25) is 14.9 Å². The molecule has 0 fully saturated rings. The molecule has 0 saturated carbocycles. The predicted molar refractivity (Wildman–Crippen MR) is 114 cm³/mol. The number of nitrogens with zero attached hydrogens (tertiary/aromatic N) is 1. The van der Waals surface area contributed by atoms with Crippen molar-refractivity contribution in [1.82, 2.24) is 4.98 Å². The van der Waals surface area contributed by atoms with Gasteiger partial charge in [0.2, 0.25) is 0 Å². The van der Waals surface area contributed by atoms with E-state index in [9.17, 15) is 9.59 Å². The Kier molecular flexibility index (Phi) is 6.40. The lowest BCUT2D eigenvalue weighted by atomic mass is 10.2. The molecule has 1 unspecified atom stereocenters. The van der Waals surface area contributed by atoms with Crippen molar-refractivity contribution in [3.05, 3.63) is 69.2 Å². The number of hydrogen-bond donors (Lipinski definition) is 2. The van der Waals surface area contributed by atoms with E-state index in [2.05, 4.69) is 38.2 Å². The summed E-state index contributed by atoms with van der Waals surface area (Å²) in [6.07, 6.45) is 0.934. The molecule has 1 atom stereocenters. The first kappa shape index (κ1) is 19.3. The fourth-order valence-electron chi connectivity index (χ4n) is 2.21. The van der Waals surface area contributed by atoms with E-state index in [-0.39, 0.29) is 11.8 Å². The normalized spacial score (nSPS) is 11.5. The van der Waals surface area contributed by atoms with Crippen LogP contribution in [-0.4, -0.2) is 22.9 Å². The highest BCUT2D eigenvalue weighted by Gasteiger charge is 2.16. The summed E-state index contributed by atoms with van der Waals surface area (Å²) >= 11 is 3.54. The quantitative estimate of drug-likeness (QED) is 0.499. The van der Waals surface area contributed by atoms with Crippen LogP contribution in [0, 0.1) is 3.57 Å². The Balaban J connectivity index is 1.61. The third-order valence-corrected chi connectivity index (χ3v) is 4.95. The second-order valence-corrected chi connectivity index (χ2v) is 7.72. The number of hydrogen-bond acceptors (Lipinski definition) is 5.